The average molecular weight is 279 g/mol. The second kappa shape index (κ2) is 5.30. The normalized spacial score (nSPS) is 20.6. The summed E-state index contributed by atoms with van der Waals surface area (Å²) in [5.41, 5.74) is 5.56. The van der Waals surface area contributed by atoms with Crippen LogP contribution in [0.15, 0.2) is 24.3 Å². The van der Waals surface area contributed by atoms with Gasteiger partial charge in [-0.2, -0.15) is 0 Å². The van der Waals surface area contributed by atoms with Crippen LogP contribution in [-0.4, -0.2) is 35.3 Å². The molecule has 2 rings (SSSR count). The number of piperazine rings is 1. The van der Waals surface area contributed by atoms with E-state index in [2.05, 4.69) is 5.32 Å². The lowest BCUT2D eigenvalue weighted by molar-refractivity contribution is -0.147. The maximum Gasteiger partial charge on any atom is 0.246 e. The highest BCUT2D eigenvalue weighted by Crippen LogP contribution is 2.29. The molecule has 3 N–H and O–H groups in total. The maximum atomic E-state index is 13.4. The molecule has 0 saturated carbocycles. The van der Waals surface area contributed by atoms with E-state index in [0.29, 0.717) is 5.56 Å². The van der Waals surface area contributed by atoms with Crippen molar-refractivity contribution < 1.29 is 14.0 Å². The minimum atomic E-state index is -0.885. The Morgan fingerprint density at radius 1 is 1.45 bits per heavy atom. The summed E-state index contributed by atoms with van der Waals surface area (Å²) < 4.78 is 13.4. The highest BCUT2D eigenvalue weighted by atomic mass is 19.1. The number of halogens is 1. The number of benzene rings is 1. The molecule has 0 aliphatic carbocycles. The summed E-state index contributed by atoms with van der Waals surface area (Å²) in [6.07, 6.45) is 0. The van der Waals surface area contributed by atoms with E-state index in [1.165, 1.54) is 12.1 Å². The van der Waals surface area contributed by atoms with Crippen LogP contribution in [0.1, 0.15) is 25.5 Å². The summed E-state index contributed by atoms with van der Waals surface area (Å²) in [5, 5.41) is 2.31. The minimum absolute atomic E-state index is 0.0527. The Hall–Kier alpha value is -1.79. The predicted molar refractivity (Wildman–Crippen MR) is 72.1 cm³/mol. The molecule has 6 heteroatoms. The predicted octanol–water partition coefficient (Wildman–Crippen LogP) is 0.563. The first-order valence-corrected chi connectivity index (χ1v) is 6.43. The fraction of sp³-hybridized carbons (Fsp3) is 0.429. The van der Waals surface area contributed by atoms with Gasteiger partial charge in [0.1, 0.15) is 5.82 Å². The molecule has 0 spiro atoms. The number of carbonyl (C=O) groups excluding carboxylic acids is 2. The molecule has 0 aromatic heterocycles. The molecule has 1 aliphatic heterocycles. The molecule has 1 aromatic carbocycles. The van der Waals surface area contributed by atoms with Gasteiger partial charge in [-0.1, -0.05) is 12.1 Å². The Bertz CT molecular complexity index is 545. The van der Waals surface area contributed by atoms with Crippen LogP contribution in [0.2, 0.25) is 0 Å². The Kier molecular flexibility index (Phi) is 3.87. The summed E-state index contributed by atoms with van der Waals surface area (Å²) in [6.45, 7) is 3.68. The van der Waals surface area contributed by atoms with Gasteiger partial charge in [0, 0.05) is 12.6 Å². The Labute approximate surface area is 116 Å². The van der Waals surface area contributed by atoms with E-state index in [-0.39, 0.29) is 30.7 Å². The van der Waals surface area contributed by atoms with E-state index in [1.807, 2.05) is 0 Å². The lowest BCUT2D eigenvalue weighted by Crippen LogP contribution is -2.65. The van der Waals surface area contributed by atoms with Crippen molar-refractivity contribution in [2.75, 3.05) is 13.1 Å². The first-order chi connectivity index (χ1) is 9.36. The van der Waals surface area contributed by atoms with Crippen LogP contribution < -0.4 is 11.1 Å². The summed E-state index contributed by atoms with van der Waals surface area (Å²) in [4.78, 5) is 25.3. The third kappa shape index (κ3) is 2.57. The molecule has 0 bridgehead atoms. The number of nitrogens with two attached hydrogens (primary N) is 1. The summed E-state index contributed by atoms with van der Waals surface area (Å²) >= 11 is 0. The monoisotopic (exact) mass is 279 g/mol. The molecule has 1 fully saturated rings. The smallest absolute Gasteiger partial charge is 0.246 e. The van der Waals surface area contributed by atoms with Crippen LogP contribution in [0, 0.1) is 5.82 Å². The maximum absolute atomic E-state index is 13.4. The van der Waals surface area contributed by atoms with Gasteiger partial charge in [0.05, 0.1) is 12.1 Å². The van der Waals surface area contributed by atoms with Crippen LogP contribution in [0.3, 0.4) is 0 Å². The standard InChI is InChI=1S/C14H18FN3O2/c1-14(2)13(20)17-12(19)8-18(14)11(7-16)9-4-3-5-10(15)6-9/h3-6,11H,7-8,16H2,1-2H3,(H,17,19,20). The SMILES string of the molecule is CC1(C)C(=O)NC(=O)CN1C(CN)c1cccc(F)c1. The average Bonchev–Trinajstić information content (AvgIpc) is 2.37. The van der Waals surface area contributed by atoms with E-state index < -0.39 is 11.6 Å². The lowest BCUT2D eigenvalue weighted by Gasteiger charge is -2.44. The second-order valence-corrected chi connectivity index (χ2v) is 5.37. The number of amides is 2. The molecule has 0 radical (unpaired) electrons. The number of nitrogens with zero attached hydrogens (tertiary/aromatic N) is 1. The van der Waals surface area contributed by atoms with Gasteiger partial charge in [-0.3, -0.25) is 19.8 Å². The minimum Gasteiger partial charge on any atom is -0.329 e. The molecule has 5 nitrogen and oxygen atoms in total. The number of rotatable bonds is 3. The quantitative estimate of drug-likeness (QED) is 0.793. The topological polar surface area (TPSA) is 75.4 Å². The summed E-state index contributed by atoms with van der Waals surface area (Å²) in [5.74, 6) is -1.11. The Balaban J connectivity index is 2.39. The molecule has 1 atom stereocenters. The van der Waals surface area contributed by atoms with Crippen molar-refractivity contribution in [1.29, 1.82) is 0 Å². The van der Waals surface area contributed by atoms with Crippen LogP contribution in [0.5, 0.6) is 0 Å². The molecule has 1 unspecified atom stereocenters. The zero-order chi connectivity index (χ0) is 14.9. The largest absolute Gasteiger partial charge is 0.329 e. The first kappa shape index (κ1) is 14.6. The van der Waals surface area contributed by atoms with E-state index in [9.17, 15) is 14.0 Å². The number of nitrogens with one attached hydrogen (secondary N) is 1. The number of carbonyl (C=O) groups is 2. The highest BCUT2D eigenvalue weighted by molar-refractivity contribution is 6.03. The van der Waals surface area contributed by atoms with Gasteiger partial charge in [0.2, 0.25) is 11.8 Å². The van der Waals surface area contributed by atoms with Crippen LogP contribution >= 0.6 is 0 Å². The Morgan fingerprint density at radius 2 is 2.15 bits per heavy atom. The van der Waals surface area contributed by atoms with Crippen molar-refractivity contribution in [3.63, 3.8) is 0 Å². The molecule has 1 aliphatic rings. The molecule has 20 heavy (non-hydrogen) atoms. The van der Waals surface area contributed by atoms with Gasteiger partial charge in [-0.15, -0.1) is 0 Å². The van der Waals surface area contributed by atoms with Crippen LogP contribution in [0.25, 0.3) is 0 Å². The third-order valence-corrected chi connectivity index (χ3v) is 3.67. The van der Waals surface area contributed by atoms with Crippen molar-refractivity contribution in [3.8, 4) is 0 Å². The van der Waals surface area contributed by atoms with Gasteiger partial charge >= 0.3 is 0 Å². The summed E-state index contributed by atoms with van der Waals surface area (Å²) in [7, 11) is 0. The molecule has 108 valence electrons. The fourth-order valence-electron chi connectivity index (χ4n) is 2.46. The van der Waals surface area contributed by atoms with Crippen molar-refractivity contribution in [1.82, 2.24) is 10.2 Å². The van der Waals surface area contributed by atoms with Gasteiger partial charge in [-0.25, -0.2) is 4.39 Å². The number of hydrogen-bond donors (Lipinski definition) is 2. The van der Waals surface area contributed by atoms with Gasteiger partial charge in [0.15, 0.2) is 0 Å². The van der Waals surface area contributed by atoms with Crippen molar-refractivity contribution in [3.05, 3.63) is 35.6 Å². The zero-order valence-corrected chi connectivity index (χ0v) is 11.5. The summed E-state index contributed by atoms with van der Waals surface area (Å²) in [6, 6.07) is 5.66. The molecular formula is C14H18FN3O2. The third-order valence-electron chi connectivity index (χ3n) is 3.67. The number of imide groups is 1. The molecule has 1 heterocycles. The van der Waals surface area contributed by atoms with E-state index in [1.54, 1.807) is 30.9 Å². The molecule has 2 amide bonds. The van der Waals surface area contributed by atoms with E-state index >= 15 is 0 Å². The number of hydrogen-bond acceptors (Lipinski definition) is 4. The second-order valence-electron chi connectivity index (χ2n) is 5.37. The van der Waals surface area contributed by atoms with Crippen LogP contribution in [0.4, 0.5) is 4.39 Å². The van der Waals surface area contributed by atoms with Crippen molar-refractivity contribution in [2.24, 2.45) is 5.73 Å². The molecule has 1 aromatic rings. The van der Waals surface area contributed by atoms with Gasteiger partial charge in [0.25, 0.3) is 0 Å². The molecular weight excluding hydrogens is 261 g/mol. The van der Waals surface area contributed by atoms with Crippen molar-refractivity contribution in [2.45, 2.75) is 25.4 Å². The Morgan fingerprint density at radius 3 is 2.75 bits per heavy atom. The van der Waals surface area contributed by atoms with E-state index in [4.69, 9.17) is 5.73 Å². The van der Waals surface area contributed by atoms with E-state index in [0.717, 1.165) is 0 Å². The van der Waals surface area contributed by atoms with Gasteiger partial charge in [-0.05, 0) is 31.5 Å². The van der Waals surface area contributed by atoms with Crippen molar-refractivity contribution >= 4 is 11.8 Å². The van der Waals surface area contributed by atoms with Crippen LogP contribution in [-0.2, 0) is 9.59 Å². The molecule has 1 saturated heterocycles. The first-order valence-electron chi connectivity index (χ1n) is 6.43. The highest BCUT2D eigenvalue weighted by Gasteiger charge is 2.44. The lowest BCUT2D eigenvalue weighted by atomic mass is 9.93. The van der Waals surface area contributed by atoms with Gasteiger partial charge < -0.3 is 5.73 Å². The fourth-order valence-corrected chi connectivity index (χ4v) is 2.46. The zero-order valence-electron chi connectivity index (χ0n) is 11.5.